The molecule has 0 saturated heterocycles. The lowest BCUT2D eigenvalue weighted by Crippen LogP contribution is -1.90. The number of Topliss-reactive ketones (excluding diaryl/α,β-unsaturated/α-hetero) is 1. The number of thioether (sulfide) groups is 1. The quantitative estimate of drug-likeness (QED) is 0.480. The summed E-state index contributed by atoms with van der Waals surface area (Å²) in [5, 5.41) is 0.548. The van der Waals surface area contributed by atoms with Crippen molar-refractivity contribution in [1.29, 1.82) is 0 Å². The molecule has 0 saturated carbocycles. The third-order valence-corrected chi connectivity index (χ3v) is 4.39. The van der Waals surface area contributed by atoms with Crippen LogP contribution in [0.3, 0.4) is 0 Å². The Bertz CT molecular complexity index is 640. The zero-order valence-electron chi connectivity index (χ0n) is 9.44. The number of benzene rings is 1. The van der Waals surface area contributed by atoms with Crippen LogP contribution in [-0.4, -0.2) is 17.0 Å². The molecule has 1 aromatic heterocycles. The van der Waals surface area contributed by atoms with E-state index in [4.69, 9.17) is 11.6 Å². The highest BCUT2D eigenvalue weighted by Gasteiger charge is 2.07. The molecule has 2 nitrogen and oxygen atoms in total. The molecule has 90 valence electrons. The number of nitrogens with zero attached hydrogens (tertiary/aromatic N) is 1. The fraction of sp³-hybridized carbons (Fsp3) is 0.0769. The average Bonchev–Trinajstić information content (AvgIpc) is 2.86. The van der Waals surface area contributed by atoms with Crippen LogP contribution in [0.4, 0.5) is 0 Å². The maximum Gasteiger partial charge on any atom is 0.247 e. The summed E-state index contributed by atoms with van der Waals surface area (Å²) in [5.74, 6) is 5.13. The van der Waals surface area contributed by atoms with Crippen LogP contribution in [0.25, 0.3) is 0 Å². The molecule has 2 aromatic rings. The van der Waals surface area contributed by atoms with Crippen molar-refractivity contribution >= 4 is 40.5 Å². The highest BCUT2D eigenvalue weighted by atomic mass is 35.5. The van der Waals surface area contributed by atoms with Gasteiger partial charge in [-0.2, -0.15) is 0 Å². The van der Waals surface area contributed by atoms with Gasteiger partial charge in [0.1, 0.15) is 9.22 Å². The first-order valence-electron chi connectivity index (χ1n) is 5.01. The molecule has 0 atom stereocenters. The Morgan fingerprint density at radius 2 is 2.22 bits per heavy atom. The molecule has 0 aliphatic carbocycles. The second-order valence-electron chi connectivity index (χ2n) is 3.25. The van der Waals surface area contributed by atoms with Gasteiger partial charge in [-0.05, 0) is 24.3 Å². The zero-order valence-corrected chi connectivity index (χ0v) is 11.8. The van der Waals surface area contributed by atoms with Crippen LogP contribution >= 0.6 is 34.7 Å². The van der Waals surface area contributed by atoms with Crippen LogP contribution in [0.1, 0.15) is 15.2 Å². The van der Waals surface area contributed by atoms with Crippen LogP contribution in [0.2, 0.25) is 5.02 Å². The monoisotopic (exact) mass is 293 g/mol. The normalized spacial score (nSPS) is 9.67. The molecule has 0 bridgehead atoms. The summed E-state index contributed by atoms with van der Waals surface area (Å²) in [7, 11) is 0. The van der Waals surface area contributed by atoms with Crippen molar-refractivity contribution in [2.75, 3.05) is 6.26 Å². The van der Waals surface area contributed by atoms with Crippen LogP contribution in [0.5, 0.6) is 0 Å². The number of halogens is 1. The number of thiazole rings is 1. The van der Waals surface area contributed by atoms with Gasteiger partial charge in [-0.25, -0.2) is 4.98 Å². The van der Waals surface area contributed by atoms with Gasteiger partial charge in [-0.3, -0.25) is 4.79 Å². The van der Waals surface area contributed by atoms with E-state index in [1.165, 1.54) is 23.1 Å². The van der Waals surface area contributed by atoms with E-state index in [1.807, 2.05) is 18.4 Å². The first-order chi connectivity index (χ1) is 8.70. The summed E-state index contributed by atoms with van der Waals surface area (Å²) in [6, 6.07) is 7.18. The lowest BCUT2D eigenvalue weighted by Gasteiger charge is -1.92. The summed E-state index contributed by atoms with van der Waals surface area (Å²) in [6.07, 6.45) is 3.47. The first-order valence-corrected chi connectivity index (χ1v) is 7.43. The maximum absolute atomic E-state index is 11.8. The van der Waals surface area contributed by atoms with Crippen LogP contribution in [0.15, 0.2) is 34.8 Å². The fourth-order valence-corrected chi connectivity index (χ4v) is 2.69. The summed E-state index contributed by atoms with van der Waals surface area (Å²) in [5.41, 5.74) is 0.655. The SMILES string of the molecule is CSc1ncc(C(=O)C#Cc2ccccc2Cl)s1. The predicted octanol–water partition coefficient (Wildman–Crippen LogP) is 3.75. The minimum Gasteiger partial charge on any atom is -0.278 e. The molecule has 0 N–H and O–H groups in total. The van der Waals surface area contributed by atoms with Crippen LogP contribution in [0, 0.1) is 11.8 Å². The number of carbonyl (C=O) groups is 1. The van der Waals surface area contributed by atoms with Crippen molar-refractivity contribution in [2.45, 2.75) is 4.34 Å². The zero-order chi connectivity index (χ0) is 13.0. The second-order valence-corrected chi connectivity index (χ2v) is 5.74. The molecule has 1 heterocycles. The van der Waals surface area contributed by atoms with Gasteiger partial charge in [-0.15, -0.1) is 11.3 Å². The Hall–Kier alpha value is -1.28. The summed E-state index contributed by atoms with van der Waals surface area (Å²) in [6.45, 7) is 0. The van der Waals surface area contributed by atoms with E-state index in [9.17, 15) is 4.79 Å². The van der Waals surface area contributed by atoms with Gasteiger partial charge in [0.2, 0.25) is 5.78 Å². The number of rotatable bonds is 2. The van der Waals surface area contributed by atoms with E-state index >= 15 is 0 Å². The minimum absolute atomic E-state index is 0.229. The molecule has 1 aromatic carbocycles. The maximum atomic E-state index is 11.8. The average molecular weight is 294 g/mol. The van der Waals surface area contributed by atoms with Crippen molar-refractivity contribution in [2.24, 2.45) is 0 Å². The first kappa shape index (κ1) is 13.2. The lowest BCUT2D eigenvalue weighted by atomic mass is 10.2. The molecule has 0 amide bonds. The lowest BCUT2D eigenvalue weighted by molar-refractivity contribution is 0.106. The van der Waals surface area contributed by atoms with E-state index in [0.717, 1.165) is 4.34 Å². The molecule has 18 heavy (non-hydrogen) atoms. The molecule has 0 unspecified atom stereocenters. The van der Waals surface area contributed by atoms with Gasteiger partial charge in [0.15, 0.2) is 0 Å². The topological polar surface area (TPSA) is 30.0 Å². The molecule has 0 aliphatic heterocycles. The van der Waals surface area contributed by atoms with E-state index in [-0.39, 0.29) is 5.78 Å². The Labute approximate surface area is 118 Å². The summed E-state index contributed by atoms with van der Waals surface area (Å²) < 4.78 is 0.859. The van der Waals surface area contributed by atoms with E-state index < -0.39 is 0 Å². The Kier molecular flexibility index (Phi) is 4.43. The van der Waals surface area contributed by atoms with Gasteiger partial charge in [0.25, 0.3) is 0 Å². The minimum atomic E-state index is -0.229. The van der Waals surface area contributed by atoms with E-state index in [1.54, 1.807) is 18.3 Å². The van der Waals surface area contributed by atoms with E-state index in [0.29, 0.717) is 15.5 Å². The Balaban J connectivity index is 2.20. The highest BCUT2D eigenvalue weighted by Crippen LogP contribution is 2.22. The summed E-state index contributed by atoms with van der Waals surface area (Å²) in [4.78, 5) is 16.5. The van der Waals surface area contributed by atoms with Gasteiger partial charge >= 0.3 is 0 Å². The number of carbonyl (C=O) groups excluding carboxylic acids is 1. The highest BCUT2D eigenvalue weighted by molar-refractivity contribution is 8.00. The molecular formula is C13H8ClNOS2. The van der Waals surface area contributed by atoms with Gasteiger partial charge < -0.3 is 0 Å². The van der Waals surface area contributed by atoms with Gasteiger partial charge in [0, 0.05) is 5.56 Å². The van der Waals surface area contributed by atoms with Crippen molar-refractivity contribution in [1.82, 2.24) is 4.98 Å². The number of hydrogen-bond acceptors (Lipinski definition) is 4. The molecule has 2 rings (SSSR count). The van der Waals surface area contributed by atoms with Gasteiger partial charge in [0.05, 0.1) is 11.2 Å². The smallest absolute Gasteiger partial charge is 0.247 e. The van der Waals surface area contributed by atoms with Crippen molar-refractivity contribution in [3.8, 4) is 11.8 Å². The molecule has 0 spiro atoms. The predicted molar refractivity (Wildman–Crippen MR) is 76.6 cm³/mol. The van der Waals surface area contributed by atoms with E-state index in [2.05, 4.69) is 16.8 Å². The molecule has 0 radical (unpaired) electrons. The third-order valence-electron chi connectivity index (χ3n) is 2.07. The van der Waals surface area contributed by atoms with Crippen LogP contribution in [-0.2, 0) is 0 Å². The van der Waals surface area contributed by atoms with Crippen molar-refractivity contribution in [3.05, 3.63) is 45.9 Å². The van der Waals surface area contributed by atoms with Crippen molar-refractivity contribution < 1.29 is 4.79 Å². The number of aromatic nitrogens is 1. The van der Waals surface area contributed by atoms with Crippen LogP contribution < -0.4 is 0 Å². The van der Waals surface area contributed by atoms with Gasteiger partial charge in [-0.1, -0.05) is 41.4 Å². The Morgan fingerprint density at radius 1 is 1.44 bits per heavy atom. The molecule has 5 heteroatoms. The largest absolute Gasteiger partial charge is 0.278 e. The summed E-state index contributed by atoms with van der Waals surface area (Å²) >= 11 is 8.81. The molecular weight excluding hydrogens is 286 g/mol. The molecule has 0 fully saturated rings. The molecule has 0 aliphatic rings. The standard InChI is InChI=1S/C13H8ClNOS2/c1-17-13-15-8-12(18-13)11(16)7-6-9-4-2-3-5-10(9)14/h2-5,8H,1H3. The number of ketones is 1. The second kappa shape index (κ2) is 6.05. The Morgan fingerprint density at radius 3 is 2.89 bits per heavy atom. The number of hydrogen-bond donors (Lipinski definition) is 0. The fourth-order valence-electron chi connectivity index (χ4n) is 1.21. The third kappa shape index (κ3) is 3.14. The van der Waals surface area contributed by atoms with Crippen molar-refractivity contribution in [3.63, 3.8) is 0 Å².